The monoisotopic (exact) mass is 417 g/mol. The average Bonchev–Trinajstić information content (AvgIpc) is 2.64. The lowest BCUT2D eigenvalue weighted by Gasteiger charge is -2.21. The van der Waals surface area contributed by atoms with Gasteiger partial charge in [0.1, 0.15) is 4.90 Å². The van der Waals surface area contributed by atoms with Crippen LogP contribution in [-0.4, -0.2) is 32.3 Å². The van der Waals surface area contributed by atoms with Gasteiger partial charge in [-0.05, 0) is 51.5 Å². The number of amides is 2. The lowest BCUT2D eigenvalue weighted by atomic mass is 10.1. The first-order valence-corrected chi connectivity index (χ1v) is 10.8. The minimum absolute atomic E-state index is 0.0145. The predicted molar refractivity (Wildman–Crippen MR) is 113 cm³/mol. The molecule has 2 aromatic rings. The molecule has 7 nitrogen and oxygen atoms in total. The van der Waals surface area contributed by atoms with E-state index in [1.807, 2.05) is 6.07 Å². The summed E-state index contributed by atoms with van der Waals surface area (Å²) in [6.07, 6.45) is 0.579. The van der Waals surface area contributed by atoms with E-state index in [9.17, 15) is 18.0 Å². The molecule has 0 radical (unpaired) electrons. The van der Waals surface area contributed by atoms with Crippen LogP contribution in [0.5, 0.6) is 0 Å². The number of para-hydroxylation sites is 1. The molecule has 0 saturated carbocycles. The van der Waals surface area contributed by atoms with Gasteiger partial charge in [0.05, 0.1) is 5.69 Å². The zero-order chi connectivity index (χ0) is 21.5. The van der Waals surface area contributed by atoms with Crippen molar-refractivity contribution in [3.8, 4) is 0 Å². The van der Waals surface area contributed by atoms with Crippen molar-refractivity contribution in [1.82, 2.24) is 10.0 Å². The highest BCUT2D eigenvalue weighted by Gasteiger charge is 2.24. The normalized spacial score (nSPS) is 11.7. The first-order valence-electron chi connectivity index (χ1n) is 9.34. The second kappa shape index (κ2) is 9.67. The lowest BCUT2D eigenvalue weighted by Crippen LogP contribution is -2.40. The van der Waals surface area contributed by atoms with Crippen molar-refractivity contribution in [2.24, 2.45) is 0 Å². The van der Waals surface area contributed by atoms with Crippen LogP contribution in [-0.2, 0) is 14.8 Å². The molecule has 3 N–H and O–H groups in total. The van der Waals surface area contributed by atoms with Crippen LogP contribution in [0.3, 0.4) is 0 Å². The molecule has 0 fully saturated rings. The van der Waals surface area contributed by atoms with Crippen molar-refractivity contribution in [1.29, 1.82) is 0 Å². The lowest BCUT2D eigenvalue weighted by molar-refractivity contribution is -0.116. The molecule has 29 heavy (non-hydrogen) atoms. The van der Waals surface area contributed by atoms with E-state index >= 15 is 0 Å². The van der Waals surface area contributed by atoms with Crippen LogP contribution < -0.4 is 15.4 Å². The van der Waals surface area contributed by atoms with Gasteiger partial charge in [-0.2, -0.15) is 0 Å². The summed E-state index contributed by atoms with van der Waals surface area (Å²) in [6.45, 7) is 5.58. The highest BCUT2D eigenvalue weighted by Crippen LogP contribution is 2.22. The number of hydrogen-bond donors (Lipinski definition) is 3. The van der Waals surface area contributed by atoms with E-state index < -0.39 is 15.6 Å². The summed E-state index contributed by atoms with van der Waals surface area (Å²) in [6, 6.07) is 15.1. The van der Waals surface area contributed by atoms with Crippen LogP contribution in [0.1, 0.15) is 44.0 Å². The first kappa shape index (κ1) is 22.6. The highest BCUT2D eigenvalue weighted by molar-refractivity contribution is 7.89. The second-order valence-electron chi connectivity index (χ2n) is 7.63. The van der Waals surface area contributed by atoms with Crippen LogP contribution in [0.2, 0.25) is 0 Å². The molecule has 0 unspecified atom stereocenters. The molecule has 0 bridgehead atoms. The molecule has 0 atom stereocenters. The number of hydrogen-bond acceptors (Lipinski definition) is 4. The third kappa shape index (κ3) is 7.32. The summed E-state index contributed by atoms with van der Waals surface area (Å²) >= 11 is 0. The van der Waals surface area contributed by atoms with E-state index in [0.29, 0.717) is 18.5 Å². The topological polar surface area (TPSA) is 104 Å². The van der Waals surface area contributed by atoms with Gasteiger partial charge in [0, 0.05) is 24.1 Å². The molecule has 0 saturated heterocycles. The molecule has 8 heteroatoms. The summed E-state index contributed by atoms with van der Waals surface area (Å²) in [4.78, 5) is 24.2. The quantitative estimate of drug-likeness (QED) is 0.575. The molecule has 0 aliphatic carbocycles. The zero-order valence-electron chi connectivity index (χ0n) is 16.9. The Morgan fingerprint density at radius 1 is 0.931 bits per heavy atom. The first-order chi connectivity index (χ1) is 13.6. The van der Waals surface area contributed by atoms with Crippen molar-refractivity contribution >= 4 is 27.5 Å². The minimum atomic E-state index is -3.78. The number of sulfonamides is 1. The number of anilines is 1. The van der Waals surface area contributed by atoms with Gasteiger partial charge in [0.15, 0.2) is 0 Å². The molecule has 0 aliphatic rings. The van der Waals surface area contributed by atoms with Gasteiger partial charge in [-0.25, -0.2) is 13.1 Å². The Morgan fingerprint density at radius 3 is 2.21 bits per heavy atom. The van der Waals surface area contributed by atoms with E-state index in [1.54, 1.807) is 63.2 Å². The maximum absolute atomic E-state index is 12.6. The number of benzene rings is 2. The smallest absolute Gasteiger partial charge is 0.251 e. The third-order valence-corrected chi connectivity index (χ3v) is 5.61. The van der Waals surface area contributed by atoms with E-state index in [4.69, 9.17) is 0 Å². The Balaban J connectivity index is 1.90. The van der Waals surface area contributed by atoms with Crippen molar-refractivity contribution in [3.05, 3.63) is 60.2 Å². The van der Waals surface area contributed by atoms with Crippen LogP contribution >= 0.6 is 0 Å². The highest BCUT2D eigenvalue weighted by atomic mass is 32.2. The maximum Gasteiger partial charge on any atom is 0.251 e. The van der Waals surface area contributed by atoms with Crippen LogP contribution in [0, 0.1) is 0 Å². The summed E-state index contributed by atoms with van der Waals surface area (Å²) in [5.41, 5.74) is 0.136. The van der Waals surface area contributed by atoms with E-state index in [1.165, 1.54) is 6.07 Å². The van der Waals surface area contributed by atoms with Gasteiger partial charge in [-0.1, -0.05) is 30.3 Å². The van der Waals surface area contributed by atoms with Crippen molar-refractivity contribution < 1.29 is 18.0 Å². The molecule has 0 aromatic heterocycles. The third-order valence-electron chi connectivity index (χ3n) is 3.79. The molecule has 2 amide bonds. The fourth-order valence-corrected chi connectivity index (χ4v) is 4.20. The average molecular weight is 418 g/mol. The molecule has 2 aromatic carbocycles. The zero-order valence-corrected chi connectivity index (χ0v) is 17.7. The fraction of sp³-hybridized carbons (Fsp3) is 0.333. The standard InChI is InChI=1S/C21H27N3O4S/c1-21(2,3)24-29(27,28)18-13-8-7-12-17(18)23-19(25)14-9-15-22-20(26)16-10-5-4-6-11-16/h4-8,10-13,24H,9,14-15H2,1-3H3,(H,22,26)(H,23,25). The van der Waals surface area contributed by atoms with Gasteiger partial charge in [0.25, 0.3) is 5.91 Å². The summed E-state index contributed by atoms with van der Waals surface area (Å²) in [5.74, 6) is -0.520. The summed E-state index contributed by atoms with van der Waals surface area (Å²) < 4.78 is 27.8. The molecule has 156 valence electrons. The number of carbonyl (C=O) groups excluding carboxylic acids is 2. The van der Waals surface area contributed by atoms with E-state index in [2.05, 4.69) is 15.4 Å². The molecular weight excluding hydrogens is 390 g/mol. The molecule has 2 rings (SSSR count). The van der Waals surface area contributed by atoms with Crippen molar-refractivity contribution in [2.45, 2.75) is 44.0 Å². The Bertz CT molecular complexity index is 951. The molecular formula is C21H27N3O4S. The van der Waals surface area contributed by atoms with Crippen LogP contribution in [0.15, 0.2) is 59.5 Å². The van der Waals surface area contributed by atoms with Crippen LogP contribution in [0.25, 0.3) is 0 Å². The minimum Gasteiger partial charge on any atom is -0.352 e. The Hall–Kier alpha value is -2.71. The number of nitrogens with one attached hydrogen (secondary N) is 3. The van der Waals surface area contributed by atoms with Gasteiger partial charge in [-0.3, -0.25) is 9.59 Å². The fourth-order valence-electron chi connectivity index (χ4n) is 2.62. The maximum atomic E-state index is 12.6. The SMILES string of the molecule is CC(C)(C)NS(=O)(=O)c1ccccc1NC(=O)CCCNC(=O)c1ccccc1. The van der Waals surface area contributed by atoms with Gasteiger partial charge < -0.3 is 10.6 Å². The van der Waals surface area contributed by atoms with Crippen molar-refractivity contribution in [3.63, 3.8) is 0 Å². The van der Waals surface area contributed by atoms with Gasteiger partial charge in [0.2, 0.25) is 15.9 Å². The van der Waals surface area contributed by atoms with Gasteiger partial charge >= 0.3 is 0 Å². The van der Waals surface area contributed by atoms with Crippen molar-refractivity contribution in [2.75, 3.05) is 11.9 Å². The summed E-state index contributed by atoms with van der Waals surface area (Å²) in [5, 5.41) is 5.41. The molecule has 0 heterocycles. The van der Waals surface area contributed by atoms with Crippen LogP contribution in [0.4, 0.5) is 5.69 Å². The Kier molecular flexibility index (Phi) is 7.53. The van der Waals surface area contributed by atoms with E-state index in [-0.39, 0.29) is 28.8 Å². The van der Waals surface area contributed by atoms with E-state index in [0.717, 1.165) is 0 Å². The summed E-state index contributed by atoms with van der Waals surface area (Å²) in [7, 11) is -3.78. The molecule has 0 spiro atoms. The largest absolute Gasteiger partial charge is 0.352 e. The Labute approximate surface area is 172 Å². The molecule has 0 aliphatic heterocycles. The predicted octanol–water partition coefficient (Wildman–Crippen LogP) is 2.91. The Morgan fingerprint density at radius 2 is 1.55 bits per heavy atom. The second-order valence-corrected chi connectivity index (χ2v) is 9.28. The number of rotatable bonds is 8. The van der Waals surface area contributed by atoms with Gasteiger partial charge in [-0.15, -0.1) is 0 Å². The number of carbonyl (C=O) groups is 2.